The number of carbonyl (C=O) groups is 4. The standard InChI is InChI=1S/C77H150O17P2/c1-8-9-10-11-12-13-14-15-16-17-23-30-37-44-51-58-74(79)87-64-72(93-76(81)60-53-46-39-31-24-19-18-21-27-34-41-48-55-68(2)3)66-91-95(83,84)89-62-71(78)63-90-96(85,86)92-67-73(65-88-75(80)59-52-45-38-33-26-29-36-43-50-57-70(6)7)94-77(82)61-54-47-40-32-25-20-22-28-35-42-49-56-69(4)5/h68-73,78H,8-67H2,1-7H3,(H,83,84)(H,85,86)/t71-,72-,73-/m1/s1. The van der Waals surface area contributed by atoms with Crippen molar-refractivity contribution in [2.45, 2.75) is 414 Å². The maximum atomic E-state index is 13.1. The van der Waals surface area contributed by atoms with E-state index >= 15 is 0 Å². The van der Waals surface area contributed by atoms with Crippen LogP contribution in [0.3, 0.4) is 0 Å². The molecule has 0 radical (unpaired) electrons. The van der Waals surface area contributed by atoms with Crippen molar-refractivity contribution in [1.82, 2.24) is 0 Å². The molecule has 5 atom stereocenters. The molecule has 0 amide bonds. The summed E-state index contributed by atoms with van der Waals surface area (Å²) < 4.78 is 68.6. The van der Waals surface area contributed by atoms with Gasteiger partial charge in [0.25, 0.3) is 0 Å². The van der Waals surface area contributed by atoms with Crippen LogP contribution in [0.1, 0.15) is 395 Å². The number of unbranched alkanes of at least 4 members (excludes halogenated alkanes) is 43. The second kappa shape index (κ2) is 67.5. The highest BCUT2D eigenvalue weighted by molar-refractivity contribution is 7.47. The third-order valence-corrected chi connectivity index (χ3v) is 19.8. The van der Waals surface area contributed by atoms with E-state index in [1.165, 1.54) is 205 Å². The predicted octanol–water partition coefficient (Wildman–Crippen LogP) is 22.6. The number of aliphatic hydroxyl groups excluding tert-OH is 1. The van der Waals surface area contributed by atoms with Gasteiger partial charge in [-0.05, 0) is 43.4 Å². The zero-order chi connectivity index (χ0) is 70.9. The van der Waals surface area contributed by atoms with E-state index in [0.29, 0.717) is 25.7 Å². The highest BCUT2D eigenvalue weighted by Gasteiger charge is 2.30. The number of hydrogen-bond donors (Lipinski definition) is 3. The lowest BCUT2D eigenvalue weighted by atomic mass is 10.0. The Hall–Kier alpha value is -1.94. The third kappa shape index (κ3) is 70.5. The van der Waals surface area contributed by atoms with Crippen LogP contribution in [0, 0.1) is 17.8 Å². The number of ether oxygens (including phenoxy) is 4. The Morgan fingerprint density at radius 1 is 0.281 bits per heavy atom. The Morgan fingerprint density at radius 2 is 0.479 bits per heavy atom. The monoisotopic (exact) mass is 1410 g/mol. The van der Waals surface area contributed by atoms with Gasteiger partial charge in [0.05, 0.1) is 26.4 Å². The summed E-state index contributed by atoms with van der Waals surface area (Å²) in [6.07, 6.45) is 54.0. The molecule has 0 heterocycles. The summed E-state index contributed by atoms with van der Waals surface area (Å²) >= 11 is 0. The summed E-state index contributed by atoms with van der Waals surface area (Å²) in [4.78, 5) is 72.9. The number of phosphoric ester groups is 2. The first kappa shape index (κ1) is 94.1. The van der Waals surface area contributed by atoms with Crippen LogP contribution in [-0.4, -0.2) is 96.7 Å². The van der Waals surface area contributed by atoms with Crippen molar-refractivity contribution in [3.63, 3.8) is 0 Å². The van der Waals surface area contributed by atoms with E-state index in [9.17, 15) is 43.2 Å². The first-order chi connectivity index (χ1) is 46.2. The number of aliphatic hydroxyl groups is 1. The van der Waals surface area contributed by atoms with Crippen LogP contribution < -0.4 is 0 Å². The highest BCUT2D eigenvalue weighted by Crippen LogP contribution is 2.45. The number of hydrogen-bond acceptors (Lipinski definition) is 15. The van der Waals surface area contributed by atoms with Crippen molar-refractivity contribution in [1.29, 1.82) is 0 Å². The van der Waals surface area contributed by atoms with Crippen LogP contribution in [0.5, 0.6) is 0 Å². The van der Waals surface area contributed by atoms with Crippen LogP contribution in [0.25, 0.3) is 0 Å². The van der Waals surface area contributed by atoms with Gasteiger partial charge < -0.3 is 33.8 Å². The lowest BCUT2D eigenvalue weighted by Crippen LogP contribution is -2.30. The molecule has 3 N–H and O–H groups in total. The first-order valence-electron chi connectivity index (χ1n) is 39.8. The van der Waals surface area contributed by atoms with Crippen molar-refractivity contribution in [2.75, 3.05) is 39.6 Å². The van der Waals surface area contributed by atoms with E-state index in [2.05, 4.69) is 48.5 Å². The topological polar surface area (TPSA) is 237 Å². The van der Waals surface area contributed by atoms with E-state index in [-0.39, 0.29) is 25.7 Å². The second-order valence-corrected chi connectivity index (χ2v) is 32.1. The lowest BCUT2D eigenvalue weighted by Gasteiger charge is -2.21. The molecule has 17 nitrogen and oxygen atoms in total. The molecule has 0 spiro atoms. The molecule has 2 unspecified atom stereocenters. The quantitative estimate of drug-likeness (QED) is 0.0222. The Morgan fingerprint density at radius 3 is 0.708 bits per heavy atom. The van der Waals surface area contributed by atoms with Gasteiger partial charge in [-0.1, -0.05) is 344 Å². The molecule has 0 aliphatic rings. The van der Waals surface area contributed by atoms with E-state index in [4.69, 9.17) is 37.0 Å². The van der Waals surface area contributed by atoms with Gasteiger partial charge in [-0.15, -0.1) is 0 Å². The molecule has 0 saturated heterocycles. The van der Waals surface area contributed by atoms with Gasteiger partial charge in [-0.25, -0.2) is 9.13 Å². The normalized spacial score (nSPS) is 14.1. The zero-order valence-corrected chi connectivity index (χ0v) is 64.6. The molecule has 0 aromatic rings. The number of phosphoric acid groups is 2. The molecule has 0 aromatic heterocycles. The van der Waals surface area contributed by atoms with Crippen LogP contribution in [0.4, 0.5) is 0 Å². The van der Waals surface area contributed by atoms with Gasteiger partial charge in [0, 0.05) is 25.7 Å². The summed E-state index contributed by atoms with van der Waals surface area (Å²) in [6, 6.07) is 0. The summed E-state index contributed by atoms with van der Waals surface area (Å²) in [5.41, 5.74) is 0. The van der Waals surface area contributed by atoms with Crippen LogP contribution in [0.2, 0.25) is 0 Å². The smallest absolute Gasteiger partial charge is 0.462 e. The highest BCUT2D eigenvalue weighted by atomic mass is 31.2. The van der Waals surface area contributed by atoms with E-state index in [1.807, 2.05) is 0 Å². The first-order valence-corrected chi connectivity index (χ1v) is 42.8. The minimum atomic E-state index is -4.96. The van der Waals surface area contributed by atoms with Crippen molar-refractivity contribution in [2.24, 2.45) is 17.8 Å². The molecule has 0 fully saturated rings. The summed E-state index contributed by atoms with van der Waals surface area (Å²) in [5.74, 6) is 0.171. The van der Waals surface area contributed by atoms with Gasteiger partial charge in [-0.3, -0.25) is 37.3 Å². The van der Waals surface area contributed by atoms with Crippen LogP contribution in [0.15, 0.2) is 0 Å². The Labute approximate surface area is 588 Å². The molecule has 570 valence electrons. The molecular formula is C77H150O17P2. The maximum absolute atomic E-state index is 13.1. The molecule has 19 heteroatoms. The Bertz CT molecular complexity index is 1870. The van der Waals surface area contributed by atoms with E-state index < -0.39 is 97.5 Å². The third-order valence-electron chi connectivity index (χ3n) is 17.9. The zero-order valence-electron chi connectivity index (χ0n) is 62.8. The largest absolute Gasteiger partial charge is 0.472 e. The minimum absolute atomic E-state index is 0.106. The van der Waals surface area contributed by atoms with Crippen molar-refractivity contribution in [3.05, 3.63) is 0 Å². The number of carbonyl (C=O) groups excluding carboxylic acids is 4. The Balaban J connectivity index is 5.27. The van der Waals surface area contributed by atoms with Crippen LogP contribution >= 0.6 is 15.6 Å². The Kier molecular flexibility index (Phi) is 66.2. The average Bonchev–Trinajstić information content (AvgIpc) is 1.12. The summed E-state index contributed by atoms with van der Waals surface area (Å²) in [7, 11) is -9.92. The lowest BCUT2D eigenvalue weighted by molar-refractivity contribution is -0.161. The van der Waals surface area contributed by atoms with Crippen molar-refractivity contribution < 1.29 is 80.2 Å². The van der Waals surface area contributed by atoms with Gasteiger partial charge >= 0.3 is 39.5 Å². The molecule has 0 saturated carbocycles. The van der Waals surface area contributed by atoms with Gasteiger partial charge in [0.15, 0.2) is 12.2 Å². The second-order valence-electron chi connectivity index (χ2n) is 29.2. The molecule has 0 aliphatic heterocycles. The SMILES string of the molecule is CCCCCCCCCCCCCCCCCC(=O)OC[C@H](COP(=O)(O)OC[C@@H](O)COP(=O)(O)OC[C@@H](COC(=O)CCCCCCCCCCCC(C)C)OC(=O)CCCCCCCCCCCCCC(C)C)OC(=O)CCCCCCCCCCCCCCC(C)C. The van der Waals surface area contributed by atoms with Gasteiger partial charge in [0.2, 0.25) is 0 Å². The van der Waals surface area contributed by atoms with Crippen molar-refractivity contribution in [3.8, 4) is 0 Å². The fourth-order valence-electron chi connectivity index (χ4n) is 11.8. The number of esters is 4. The molecule has 0 aromatic carbocycles. The predicted molar refractivity (Wildman–Crippen MR) is 391 cm³/mol. The van der Waals surface area contributed by atoms with Crippen LogP contribution in [-0.2, 0) is 65.4 Å². The van der Waals surface area contributed by atoms with Crippen molar-refractivity contribution >= 4 is 39.5 Å². The molecule has 0 aliphatic carbocycles. The molecule has 0 rings (SSSR count). The van der Waals surface area contributed by atoms with Gasteiger partial charge in [0.1, 0.15) is 19.3 Å². The van der Waals surface area contributed by atoms with Gasteiger partial charge in [-0.2, -0.15) is 0 Å². The fraction of sp³-hybridized carbons (Fsp3) is 0.948. The van der Waals surface area contributed by atoms with E-state index in [0.717, 1.165) is 108 Å². The summed E-state index contributed by atoms with van der Waals surface area (Å²) in [5, 5.41) is 10.6. The molecular weight excluding hydrogens is 1260 g/mol. The molecule has 0 bridgehead atoms. The summed E-state index contributed by atoms with van der Waals surface area (Å²) in [6.45, 7) is 11.9. The fourth-order valence-corrected chi connectivity index (χ4v) is 13.4. The molecule has 96 heavy (non-hydrogen) atoms. The minimum Gasteiger partial charge on any atom is -0.462 e. The average molecular weight is 1410 g/mol. The van der Waals surface area contributed by atoms with E-state index in [1.54, 1.807) is 0 Å². The maximum Gasteiger partial charge on any atom is 0.472 e. The number of rotatable bonds is 75.